The molecule has 21 heavy (non-hydrogen) atoms. The zero-order valence-electron chi connectivity index (χ0n) is 13.1. The van der Waals surface area contributed by atoms with Crippen molar-refractivity contribution in [3.63, 3.8) is 0 Å². The molecule has 0 aliphatic carbocycles. The highest BCUT2D eigenvalue weighted by atomic mass is 16.5. The van der Waals surface area contributed by atoms with Crippen LogP contribution in [-0.2, 0) is 12.8 Å². The van der Waals surface area contributed by atoms with E-state index in [1.54, 1.807) is 6.92 Å². The lowest BCUT2D eigenvalue weighted by Gasteiger charge is -2.15. The highest BCUT2D eigenvalue weighted by molar-refractivity contribution is 5.96. The van der Waals surface area contributed by atoms with Gasteiger partial charge in [-0.2, -0.15) is 0 Å². The lowest BCUT2D eigenvalue weighted by molar-refractivity contribution is 0.0937. The number of benzene rings is 1. The molecule has 0 radical (unpaired) electrons. The smallest absolute Gasteiger partial charge is 0.257 e. The third-order valence-electron chi connectivity index (χ3n) is 3.66. The van der Waals surface area contributed by atoms with Crippen molar-refractivity contribution in [3.8, 4) is 0 Å². The summed E-state index contributed by atoms with van der Waals surface area (Å²) in [6, 6.07) is 8.29. The first kappa shape index (κ1) is 15.3. The van der Waals surface area contributed by atoms with Crippen molar-refractivity contribution in [2.75, 3.05) is 0 Å². The molecule has 1 unspecified atom stereocenters. The van der Waals surface area contributed by atoms with Crippen LogP contribution in [0, 0.1) is 13.8 Å². The molecule has 0 fully saturated rings. The van der Waals surface area contributed by atoms with Crippen LogP contribution in [0.3, 0.4) is 0 Å². The number of rotatable bonds is 5. The minimum Gasteiger partial charge on any atom is -0.361 e. The van der Waals surface area contributed by atoms with Crippen molar-refractivity contribution in [1.29, 1.82) is 0 Å². The standard InChI is InChI=1S/C17H22N2O2/c1-5-15-16(13(4)21-19-15)17(20)18-12(3)10-14-9-7-6-8-11(14)2/h6-9,12H,5,10H2,1-4H3,(H,18,20). The Hall–Kier alpha value is -2.10. The SMILES string of the molecule is CCc1noc(C)c1C(=O)NC(C)Cc1ccccc1C. The molecule has 4 nitrogen and oxygen atoms in total. The van der Waals surface area contributed by atoms with Gasteiger partial charge in [0.25, 0.3) is 5.91 Å². The Morgan fingerprint density at radius 2 is 2.05 bits per heavy atom. The summed E-state index contributed by atoms with van der Waals surface area (Å²) in [5, 5.41) is 6.96. The fraction of sp³-hybridized carbons (Fsp3) is 0.412. The predicted octanol–water partition coefficient (Wildman–Crippen LogP) is 3.21. The van der Waals surface area contributed by atoms with E-state index in [0.717, 1.165) is 6.42 Å². The van der Waals surface area contributed by atoms with E-state index >= 15 is 0 Å². The molecule has 0 saturated heterocycles. The van der Waals surface area contributed by atoms with Crippen LogP contribution < -0.4 is 5.32 Å². The largest absolute Gasteiger partial charge is 0.361 e. The molecular weight excluding hydrogens is 264 g/mol. The molecule has 0 saturated carbocycles. The van der Waals surface area contributed by atoms with Gasteiger partial charge in [0.05, 0.1) is 5.69 Å². The van der Waals surface area contributed by atoms with Crippen molar-refractivity contribution in [1.82, 2.24) is 10.5 Å². The molecular formula is C17H22N2O2. The number of carbonyl (C=O) groups is 1. The molecule has 2 aromatic rings. The van der Waals surface area contributed by atoms with Gasteiger partial charge in [0.2, 0.25) is 0 Å². The average molecular weight is 286 g/mol. The quantitative estimate of drug-likeness (QED) is 0.918. The summed E-state index contributed by atoms with van der Waals surface area (Å²) in [5.41, 5.74) is 3.79. The molecule has 1 amide bonds. The van der Waals surface area contributed by atoms with Crippen LogP contribution in [0.4, 0.5) is 0 Å². The van der Waals surface area contributed by atoms with Crippen molar-refractivity contribution >= 4 is 5.91 Å². The number of amides is 1. The van der Waals surface area contributed by atoms with Gasteiger partial charge in [0.15, 0.2) is 0 Å². The van der Waals surface area contributed by atoms with Crippen molar-refractivity contribution in [3.05, 3.63) is 52.4 Å². The average Bonchev–Trinajstić information content (AvgIpc) is 2.82. The summed E-state index contributed by atoms with van der Waals surface area (Å²) < 4.78 is 5.12. The summed E-state index contributed by atoms with van der Waals surface area (Å²) in [4.78, 5) is 12.4. The number of hydrogen-bond acceptors (Lipinski definition) is 3. The summed E-state index contributed by atoms with van der Waals surface area (Å²) in [7, 11) is 0. The number of nitrogens with zero attached hydrogens (tertiary/aromatic N) is 1. The normalized spacial score (nSPS) is 12.2. The Morgan fingerprint density at radius 1 is 1.33 bits per heavy atom. The van der Waals surface area contributed by atoms with Crippen LogP contribution in [0.5, 0.6) is 0 Å². The van der Waals surface area contributed by atoms with Crippen molar-refractivity contribution < 1.29 is 9.32 Å². The van der Waals surface area contributed by atoms with Gasteiger partial charge in [-0.25, -0.2) is 0 Å². The summed E-state index contributed by atoms with van der Waals surface area (Å²) in [5.74, 6) is 0.471. The fourth-order valence-electron chi connectivity index (χ4n) is 2.47. The monoisotopic (exact) mass is 286 g/mol. The topological polar surface area (TPSA) is 55.1 Å². The zero-order valence-corrected chi connectivity index (χ0v) is 13.1. The van der Waals surface area contributed by atoms with Crippen LogP contribution in [-0.4, -0.2) is 17.1 Å². The maximum absolute atomic E-state index is 12.4. The minimum atomic E-state index is -0.105. The first-order valence-electron chi connectivity index (χ1n) is 7.33. The van der Waals surface area contributed by atoms with Crippen LogP contribution in [0.2, 0.25) is 0 Å². The van der Waals surface area contributed by atoms with E-state index < -0.39 is 0 Å². The minimum absolute atomic E-state index is 0.0533. The Labute approximate surface area is 125 Å². The summed E-state index contributed by atoms with van der Waals surface area (Å²) in [6.45, 7) is 7.83. The van der Waals surface area contributed by atoms with Gasteiger partial charge in [-0.05, 0) is 44.7 Å². The number of nitrogens with one attached hydrogen (secondary N) is 1. The molecule has 1 atom stereocenters. The molecule has 0 aliphatic heterocycles. The molecule has 0 aliphatic rings. The van der Waals surface area contributed by atoms with Gasteiger partial charge in [-0.15, -0.1) is 0 Å². The first-order chi connectivity index (χ1) is 10.0. The third kappa shape index (κ3) is 3.51. The number of aryl methyl sites for hydroxylation is 3. The third-order valence-corrected chi connectivity index (χ3v) is 3.66. The Bertz CT molecular complexity index is 631. The second kappa shape index (κ2) is 6.57. The summed E-state index contributed by atoms with van der Waals surface area (Å²) in [6.07, 6.45) is 1.50. The lowest BCUT2D eigenvalue weighted by atomic mass is 10.0. The molecule has 1 aromatic heterocycles. The van der Waals surface area contributed by atoms with Crippen LogP contribution >= 0.6 is 0 Å². The molecule has 1 N–H and O–H groups in total. The van der Waals surface area contributed by atoms with Crippen LogP contribution in [0.1, 0.15) is 46.8 Å². The second-order valence-electron chi connectivity index (χ2n) is 5.42. The van der Waals surface area contributed by atoms with E-state index in [1.165, 1.54) is 11.1 Å². The number of carbonyl (C=O) groups excluding carboxylic acids is 1. The zero-order chi connectivity index (χ0) is 15.4. The van der Waals surface area contributed by atoms with E-state index in [1.807, 2.05) is 26.0 Å². The van der Waals surface area contributed by atoms with Gasteiger partial charge >= 0.3 is 0 Å². The van der Waals surface area contributed by atoms with E-state index in [4.69, 9.17) is 4.52 Å². The Kier molecular flexibility index (Phi) is 4.78. The number of aromatic nitrogens is 1. The highest BCUT2D eigenvalue weighted by Crippen LogP contribution is 2.15. The molecule has 0 bridgehead atoms. The van der Waals surface area contributed by atoms with Crippen molar-refractivity contribution in [2.24, 2.45) is 0 Å². The van der Waals surface area contributed by atoms with Crippen LogP contribution in [0.15, 0.2) is 28.8 Å². The first-order valence-corrected chi connectivity index (χ1v) is 7.33. The second-order valence-corrected chi connectivity index (χ2v) is 5.42. The molecule has 2 rings (SSSR count). The fourth-order valence-corrected chi connectivity index (χ4v) is 2.47. The molecule has 1 heterocycles. The highest BCUT2D eigenvalue weighted by Gasteiger charge is 2.20. The van der Waals surface area contributed by atoms with E-state index in [2.05, 4.69) is 29.5 Å². The molecule has 4 heteroatoms. The Morgan fingerprint density at radius 3 is 2.71 bits per heavy atom. The van der Waals surface area contributed by atoms with Crippen molar-refractivity contribution in [2.45, 2.75) is 46.6 Å². The summed E-state index contributed by atoms with van der Waals surface area (Å²) >= 11 is 0. The van der Waals surface area contributed by atoms with E-state index in [9.17, 15) is 4.79 Å². The Balaban J connectivity index is 2.06. The molecule has 0 spiro atoms. The van der Waals surface area contributed by atoms with Gasteiger partial charge in [0, 0.05) is 6.04 Å². The molecule has 112 valence electrons. The van der Waals surface area contributed by atoms with E-state index in [0.29, 0.717) is 23.4 Å². The van der Waals surface area contributed by atoms with Gasteiger partial charge in [-0.3, -0.25) is 4.79 Å². The number of hydrogen-bond donors (Lipinski definition) is 1. The van der Waals surface area contributed by atoms with Gasteiger partial charge in [-0.1, -0.05) is 36.3 Å². The van der Waals surface area contributed by atoms with Gasteiger partial charge < -0.3 is 9.84 Å². The predicted molar refractivity (Wildman–Crippen MR) is 82.4 cm³/mol. The molecule has 1 aromatic carbocycles. The van der Waals surface area contributed by atoms with E-state index in [-0.39, 0.29) is 11.9 Å². The maximum atomic E-state index is 12.4. The lowest BCUT2D eigenvalue weighted by Crippen LogP contribution is -2.34. The van der Waals surface area contributed by atoms with Crippen LogP contribution in [0.25, 0.3) is 0 Å². The van der Waals surface area contributed by atoms with Gasteiger partial charge in [0.1, 0.15) is 11.3 Å². The maximum Gasteiger partial charge on any atom is 0.257 e.